The Balaban J connectivity index is 2.04. The summed E-state index contributed by atoms with van der Waals surface area (Å²) in [5.74, 6) is 0.665. The van der Waals surface area contributed by atoms with Crippen LogP contribution in [0.25, 0.3) is 10.2 Å². The summed E-state index contributed by atoms with van der Waals surface area (Å²) in [5, 5.41) is 4.05. The molecule has 1 saturated heterocycles. The zero-order chi connectivity index (χ0) is 10.3. The topological polar surface area (TPSA) is 50.9 Å². The van der Waals surface area contributed by atoms with Gasteiger partial charge in [-0.3, -0.25) is 0 Å². The molecule has 0 spiro atoms. The van der Waals surface area contributed by atoms with Crippen LogP contribution in [0.4, 0.5) is 5.13 Å². The zero-order valence-electron chi connectivity index (χ0n) is 8.36. The summed E-state index contributed by atoms with van der Waals surface area (Å²) in [6, 6.07) is 6.50. The fraction of sp³-hybridized carbons (Fsp3) is 0.364. The third-order valence-corrected chi connectivity index (χ3v) is 3.81. The molecule has 15 heavy (non-hydrogen) atoms. The first-order valence-corrected chi connectivity index (χ1v) is 6.01. The van der Waals surface area contributed by atoms with Crippen molar-refractivity contribution in [2.24, 2.45) is 0 Å². The third-order valence-electron chi connectivity index (χ3n) is 2.96. The van der Waals surface area contributed by atoms with Crippen LogP contribution in [-0.2, 0) is 0 Å². The van der Waals surface area contributed by atoms with E-state index in [4.69, 9.17) is 5.73 Å². The Labute approximate surface area is 92.3 Å². The fourth-order valence-corrected chi connectivity index (χ4v) is 2.93. The minimum Gasteiger partial charge on any atom is -0.375 e. The molecule has 0 aliphatic carbocycles. The highest BCUT2D eigenvalue weighted by Gasteiger charge is 2.17. The van der Waals surface area contributed by atoms with Gasteiger partial charge in [-0.15, -0.1) is 0 Å². The minimum atomic E-state index is 0.659. The molecule has 3 nitrogen and oxygen atoms in total. The van der Waals surface area contributed by atoms with E-state index in [0.717, 1.165) is 18.6 Å². The van der Waals surface area contributed by atoms with Crippen LogP contribution in [0.15, 0.2) is 18.2 Å². The number of aromatic nitrogens is 1. The molecule has 1 aliphatic heterocycles. The number of hydrogen-bond acceptors (Lipinski definition) is 4. The van der Waals surface area contributed by atoms with Crippen molar-refractivity contribution in [2.45, 2.75) is 12.3 Å². The Morgan fingerprint density at radius 1 is 1.47 bits per heavy atom. The molecular formula is C11H13N3S. The molecule has 78 valence electrons. The van der Waals surface area contributed by atoms with E-state index in [1.54, 1.807) is 11.3 Å². The monoisotopic (exact) mass is 219 g/mol. The lowest BCUT2D eigenvalue weighted by Crippen LogP contribution is -2.07. The van der Waals surface area contributed by atoms with Crippen molar-refractivity contribution in [1.82, 2.24) is 10.3 Å². The molecule has 0 radical (unpaired) electrons. The number of hydrogen-bond donors (Lipinski definition) is 2. The van der Waals surface area contributed by atoms with Gasteiger partial charge in [-0.25, -0.2) is 4.98 Å². The van der Waals surface area contributed by atoms with Gasteiger partial charge in [0.1, 0.15) is 0 Å². The van der Waals surface area contributed by atoms with E-state index >= 15 is 0 Å². The van der Waals surface area contributed by atoms with E-state index in [0.29, 0.717) is 11.0 Å². The standard InChI is InChI=1S/C11H13N3S/c12-11-14-9-2-1-7(5-10(9)15-11)8-3-4-13-6-8/h1-2,5,8,13H,3-4,6H2,(H2,12,14). The van der Waals surface area contributed by atoms with Crippen molar-refractivity contribution in [3.8, 4) is 0 Å². The Morgan fingerprint density at radius 3 is 3.20 bits per heavy atom. The van der Waals surface area contributed by atoms with Crippen LogP contribution in [0.2, 0.25) is 0 Å². The van der Waals surface area contributed by atoms with E-state index in [2.05, 4.69) is 28.5 Å². The Kier molecular flexibility index (Phi) is 2.11. The van der Waals surface area contributed by atoms with E-state index in [-0.39, 0.29) is 0 Å². The predicted octanol–water partition coefficient (Wildman–Crippen LogP) is 1.96. The Hall–Kier alpha value is -1.13. The van der Waals surface area contributed by atoms with Crippen molar-refractivity contribution in [3.05, 3.63) is 23.8 Å². The smallest absolute Gasteiger partial charge is 0.181 e. The lowest BCUT2D eigenvalue weighted by atomic mass is 9.98. The second-order valence-electron chi connectivity index (χ2n) is 3.97. The molecule has 3 rings (SSSR count). The number of nitrogens with two attached hydrogens (primary N) is 1. The molecule has 1 unspecified atom stereocenters. The second kappa shape index (κ2) is 3.47. The van der Waals surface area contributed by atoms with Gasteiger partial charge in [-0.2, -0.15) is 0 Å². The average molecular weight is 219 g/mol. The summed E-state index contributed by atoms with van der Waals surface area (Å²) in [5.41, 5.74) is 8.12. The lowest BCUT2D eigenvalue weighted by Gasteiger charge is -2.07. The van der Waals surface area contributed by atoms with E-state index in [1.165, 1.54) is 16.7 Å². The zero-order valence-corrected chi connectivity index (χ0v) is 9.18. The van der Waals surface area contributed by atoms with Gasteiger partial charge < -0.3 is 11.1 Å². The first-order valence-electron chi connectivity index (χ1n) is 5.19. The van der Waals surface area contributed by atoms with Crippen LogP contribution in [0.1, 0.15) is 17.9 Å². The third kappa shape index (κ3) is 1.60. The molecule has 1 aromatic heterocycles. The number of anilines is 1. The maximum Gasteiger partial charge on any atom is 0.181 e. The Bertz CT molecular complexity index is 486. The largest absolute Gasteiger partial charge is 0.375 e. The molecule has 3 N–H and O–H groups in total. The summed E-state index contributed by atoms with van der Waals surface area (Å²) in [6.45, 7) is 2.23. The van der Waals surface area contributed by atoms with Gasteiger partial charge in [0, 0.05) is 6.54 Å². The van der Waals surface area contributed by atoms with Crippen LogP contribution < -0.4 is 11.1 Å². The molecule has 2 heterocycles. The molecule has 1 fully saturated rings. The summed E-state index contributed by atoms with van der Waals surface area (Å²) in [7, 11) is 0. The first kappa shape index (κ1) is 9.12. The van der Waals surface area contributed by atoms with Crippen LogP contribution in [-0.4, -0.2) is 18.1 Å². The molecule has 1 aliphatic rings. The normalized spacial score (nSPS) is 21.2. The van der Waals surface area contributed by atoms with Gasteiger partial charge in [0.25, 0.3) is 0 Å². The molecule has 0 amide bonds. The molecule has 4 heteroatoms. The first-order chi connectivity index (χ1) is 7.33. The summed E-state index contributed by atoms with van der Waals surface area (Å²) in [4.78, 5) is 4.26. The summed E-state index contributed by atoms with van der Waals surface area (Å²) >= 11 is 1.57. The maximum atomic E-state index is 5.69. The Morgan fingerprint density at radius 2 is 2.40 bits per heavy atom. The van der Waals surface area contributed by atoms with Gasteiger partial charge in [0.2, 0.25) is 0 Å². The quantitative estimate of drug-likeness (QED) is 0.771. The van der Waals surface area contributed by atoms with E-state index < -0.39 is 0 Å². The molecule has 1 atom stereocenters. The number of thiazole rings is 1. The number of rotatable bonds is 1. The van der Waals surface area contributed by atoms with Gasteiger partial charge >= 0.3 is 0 Å². The van der Waals surface area contributed by atoms with Crippen LogP contribution in [0.5, 0.6) is 0 Å². The SMILES string of the molecule is Nc1nc2ccc(C3CCNC3)cc2s1. The number of nitrogens with zero attached hydrogens (tertiary/aromatic N) is 1. The molecule has 0 saturated carbocycles. The highest BCUT2D eigenvalue weighted by Crippen LogP contribution is 2.29. The molecule has 0 bridgehead atoms. The van der Waals surface area contributed by atoms with E-state index in [1.807, 2.05) is 0 Å². The average Bonchev–Trinajstić information content (AvgIpc) is 2.82. The van der Waals surface area contributed by atoms with Crippen molar-refractivity contribution in [3.63, 3.8) is 0 Å². The highest BCUT2D eigenvalue weighted by molar-refractivity contribution is 7.22. The lowest BCUT2D eigenvalue weighted by molar-refractivity contribution is 0.765. The second-order valence-corrected chi connectivity index (χ2v) is 5.03. The van der Waals surface area contributed by atoms with Crippen molar-refractivity contribution >= 4 is 26.7 Å². The van der Waals surface area contributed by atoms with Gasteiger partial charge in [-0.05, 0) is 36.6 Å². The summed E-state index contributed by atoms with van der Waals surface area (Å²) in [6.07, 6.45) is 1.24. The summed E-state index contributed by atoms with van der Waals surface area (Å²) < 4.78 is 1.21. The van der Waals surface area contributed by atoms with Crippen molar-refractivity contribution in [2.75, 3.05) is 18.8 Å². The van der Waals surface area contributed by atoms with Crippen LogP contribution in [0, 0.1) is 0 Å². The van der Waals surface area contributed by atoms with E-state index in [9.17, 15) is 0 Å². The number of nitrogens with one attached hydrogen (secondary N) is 1. The fourth-order valence-electron chi connectivity index (χ4n) is 2.15. The maximum absolute atomic E-state index is 5.69. The van der Waals surface area contributed by atoms with Crippen LogP contribution >= 0.6 is 11.3 Å². The number of benzene rings is 1. The van der Waals surface area contributed by atoms with Gasteiger partial charge in [-0.1, -0.05) is 17.4 Å². The molecule has 2 aromatic rings. The molecule has 1 aromatic carbocycles. The highest BCUT2D eigenvalue weighted by atomic mass is 32.1. The van der Waals surface area contributed by atoms with Crippen LogP contribution in [0.3, 0.4) is 0 Å². The van der Waals surface area contributed by atoms with Gasteiger partial charge in [0.05, 0.1) is 10.2 Å². The minimum absolute atomic E-state index is 0.659. The number of fused-ring (bicyclic) bond motifs is 1. The molecular weight excluding hydrogens is 206 g/mol. The number of nitrogen functional groups attached to an aromatic ring is 1. The predicted molar refractivity (Wildman–Crippen MR) is 64.3 cm³/mol. The van der Waals surface area contributed by atoms with Gasteiger partial charge in [0.15, 0.2) is 5.13 Å². The van der Waals surface area contributed by atoms with Crippen molar-refractivity contribution in [1.29, 1.82) is 0 Å². The van der Waals surface area contributed by atoms with Crippen molar-refractivity contribution < 1.29 is 0 Å².